The minimum Gasteiger partial charge on any atom is -0.290 e. The molecule has 4 heteroatoms. The van der Waals surface area contributed by atoms with E-state index in [0.717, 1.165) is 0 Å². The molecule has 0 rings (SSSR count). The minimum atomic E-state index is -1.40. The molecular formula is C6H17NO2S. The van der Waals surface area contributed by atoms with E-state index in [0.29, 0.717) is 0 Å². The van der Waals surface area contributed by atoms with Crippen molar-refractivity contribution in [2.45, 2.75) is 20.3 Å². The fourth-order valence-corrected chi connectivity index (χ4v) is 0.348. The summed E-state index contributed by atoms with van der Waals surface area (Å²) in [6, 6.07) is 0. The van der Waals surface area contributed by atoms with Crippen molar-refractivity contribution < 1.29 is 9.82 Å². The van der Waals surface area contributed by atoms with E-state index in [9.17, 15) is 4.21 Å². The Bertz CT molecular complexity index is 101. The Morgan fingerprint density at radius 1 is 1.80 bits per heavy atom. The Hall–Kier alpha value is -0.350. The Labute approximate surface area is 66.7 Å². The van der Waals surface area contributed by atoms with Crippen LogP contribution in [0.3, 0.4) is 0 Å². The third kappa shape index (κ3) is 15.6. The van der Waals surface area contributed by atoms with E-state index in [1.807, 2.05) is 0 Å². The van der Waals surface area contributed by atoms with Crippen LogP contribution in [0, 0.1) is 0 Å². The lowest BCUT2D eigenvalue weighted by Gasteiger charge is -1.91. The van der Waals surface area contributed by atoms with Crippen LogP contribution in [0.15, 0.2) is 12.8 Å². The maximum Gasteiger partial charge on any atom is 0.261 e. The average Bonchev–Trinajstić information content (AvgIpc) is 1.90. The zero-order valence-electron chi connectivity index (χ0n) is 6.72. The predicted octanol–water partition coefficient (Wildman–Crippen LogP) is 1.61. The molecule has 0 aliphatic carbocycles. The SMILES string of the molecule is C=CNS(=O)OC.CCC.[HH]. The summed E-state index contributed by atoms with van der Waals surface area (Å²) >= 11 is -1.40. The van der Waals surface area contributed by atoms with Crippen molar-refractivity contribution in [2.24, 2.45) is 0 Å². The topological polar surface area (TPSA) is 38.3 Å². The molecule has 0 radical (unpaired) electrons. The average molecular weight is 167 g/mol. The summed E-state index contributed by atoms with van der Waals surface area (Å²) in [5, 5.41) is 0. The first kappa shape index (κ1) is 12.3. The van der Waals surface area contributed by atoms with Gasteiger partial charge < -0.3 is 0 Å². The lowest BCUT2D eigenvalue weighted by atomic mass is 10.6. The van der Waals surface area contributed by atoms with Crippen molar-refractivity contribution in [1.29, 1.82) is 0 Å². The van der Waals surface area contributed by atoms with E-state index < -0.39 is 11.3 Å². The summed E-state index contributed by atoms with van der Waals surface area (Å²) < 4.78 is 16.7. The van der Waals surface area contributed by atoms with E-state index in [4.69, 9.17) is 0 Å². The van der Waals surface area contributed by atoms with Gasteiger partial charge in [0.1, 0.15) is 0 Å². The van der Waals surface area contributed by atoms with E-state index in [1.165, 1.54) is 19.7 Å². The Kier molecular flexibility index (Phi) is 14.1. The Morgan fingerprint density at radius 2 is 2.20 bits per heavy atom. The van der Waals surface area contributed by atoms with Gasteiger partial charge in [0.25, 0.3) is 11.3 Å². The van der Waals surface area contributed by atoms with Crippen molar-refractivity contribution in [3.63, 3.8) is 0 Å². The standard InChI is InChI=1S/C3H7NO2S.C3H8.H2/c1-3-4-7(5)6-2;1-3-2;/h3-4H,1H2,2H3;3H2,1-2H3;1H. The molecule has 1 unspecified atom stereocenters. The largest absolute Gasteiger partial charge is 0.290 e. The highest BCUT2D eigenvalue weighted by Gasteiger charge is 1.83. The smallest absolute Gasteiger partial charge is 0.261 e. The van der Waals surface area contributed by atoms with Crippen LogP contribution in [-0.2, 0) is 15.4 Å². The van der Waals surface area contributed by atoms with Gasteiger partial charge in [-0.2, -0.15) is 0 Å². The van der Waals surface area contributed by atoms with Crippen LogP contribution in [0.4, 0.5) is 0 Å². The minimum absolute atomic E-state index is 0. The second kappa shape index (κ2) is 11.4. The molecule has 0 saturated heterocycles. The summed E-state index contributed by atoms with van der Waals surface area (Å²) in [4.78, 5) is 0. The highest BCUT2D eigenvalue weighted by molar-refractivity contribution is 7.78. The molecule has 0 amide bonds. The van der Waals surface area contributed by atoms with Crippen LogP contribution in [0.25, 0.3) is 0 Å². The molecule has 0 aromatic heterocycles. The predicted molar refractivity (Wildman–Crippen MR) is 46.6 cm³/mol. The highest BCUT2D eigenvalue weighted by atomic mass is 32.2. The fraction of sp³-hybridized carbons (Fsp3) is 0.667. The van der Waals surface area contributed by atoms with Crippen LogP contribution in [-0.4, -0.2) is 11.3 Å². The molecule has 1 atom stereocenters. The molecule has 0 fully saturated rings. The number of hydrogen-bond donors (Lipinski definition) is 1. The third-order valence-electron chi connectivity index (χ3n) is 0.331. The molecule has 0 aromatic carbocycles. The van der Waals surface area contributed by atoms with Crippen LogP contribution >= 0.6 is 0 Å². The molecular weight excluding hydrogens is 150 g/mol. The second-order valence-electron chi connectivity index (χ2n) is 1.43. The van der Waals surface area contributed by atoms with Gasteiger partial charge in [0, 0.05) is 7.63 Å². The van der Waals surface area contributed by atoms with Crippen molar-refractivity contribution in [3.8, 4) is 0 Å². The van der Waals surface area contributed by atoms with Crippen LogP contribution < -0.4 is 4.72 Å². The van der Waals surface area contributed by atoms with E-state index in [-0.39, 0.29) is 1.43 Å². The molecule has 0 aliphatic heterocycles. The third-order valence-corrected chi connectivity index (χ3v) is 0.993. The molecule has 0 spiro atoms. The summed E-state index contributed by atoms with van der Waals surface area (Å²) in [5.41, 5.74) is 0. The lowest BCUT2D eigenvalue weighted by molar-refractivity contribution is 0.441. The maximum absolute atomic E-state index is 10.1. The summed E-state index contributed by atoms with van der Waals surface area (Å²) in [7, 11) is 1.34. The van der Waals surface area contributed by atoms with Gasteiger partial charge in [-0.15, -0.1) is 0 Å². The Balaban J connectivity index is -0.000000140. The molecule has 1 N–H and O–H groups in total. The first-order valence-corrected chi connectivity index (χ1v) is 4.13. The number of rotatable bonds is 3. The lowest BCUT2D eigenvalue weighted by Crippen LogP contribution is -2.09. The second-order valence-corrected chi connectivity index (χ2v) is 2.47. The van der Waals surface area contributed by atoms with Gasteiger partial charge in [0.15, 0.2) is 0 Å². The van der Waals surface area contributed by atoms with Crippen molar-refractivity contribution >= 4 is 11.3 Å². The van der Waals surface area contributed by atoms with Crippen LogP contribution in [0.1, 0.15) is 21.7 Å². The fourth-order valence-electron chi connectivity index (χ4n) is 0.116. The molecule has 0 aliphatic rings. The Morgan fingerprint density at radius 3 is 2.30 bits per heavy atom. The van der Waals surface area contributed by atoms with E-state index >= 15 is 0 Å². The molecule has 0 bridgehead atoms. The molecule has 0 heterocycles. The summed E-state index contributed by atoms with van der Waals surface area (Å²) in [6.07, 6.45) is 2.56. The first-order valence-electron chi connectivity index (χ1n) is 3.06. The highest BCUT2D eigenvalue weighted by Crippen LogP contribution is 1.69. The molecule has 64 valence electrons. The van der Waals surface area contributed by atoms with Crippen molar-refractivity contribution in [3.05, 3.63) is 12.8 Å². The summed E-state index contributed by atoms with van der Waals surface area (Å²) in [5.74, 6) is 0. The van der Waals surface area contributed by atoms with Gasteiger partial charge in [-0.25, -0.2) is 4.21 Å². The summed E-state index contributed by atoms with van der Waals surface area (Å²) in [6.45, 7) is 7.51. The molecule has 10 heavy (non-hydrogen) atoms. The number of nitrogens with one attached hydrogen (secondary N) is 1. The monoisotopic (exact) mass is 167 g/mol. The zero-order valence-corrected chi connectivity index (χ0v) is 7.53. The van der Waals surface area contributed by atoms with Crippen LogP contribution in [0.5, 0.6) is 0 Å². The first-order chi connectivity index (χ1) is 4.72. The molecule has 0 saturated carbocycles. The van der Waals surface area contributed by atoms with E-state index in [1.54, 1.807) is 0 Å². The van der Waals surface area contributed by atoms with Crippen molar-refractivity contribution in [1.82, 2.24) is 4.72 Å². The number of hydrogen-bond acceptors (Lipinski definition) is 2. The normalized spacial score (nSPS) is 10.7. The van der Waals surface area contributed by atoms with Gasteiger partial charge in [-0.3, -0.25) is 8.91 Å². The van der Waals surface area contributed by atoms with Crippen molar-refractivity contribution in [2.75, 3.05) is 7.11 Å². The molecule has 0 aromatic rings. The van der Waals surface area contributed by atoms with Gasteiger partial charge in [0.05, 0.1) is 7.11 Å². The van der Waals surface area contributed by atoms with E-state index in [2.05, 4.69) is 29.3 Å². The van der Waals surface area contributed by atoms with Gasteiger partial charge >= 0.3 is 0 Å². The zero-order chi connectivity index (χ0) is 8.41. The van der Waals surface area contributed by atoms with Gasteiger partial charge in [-0.1, -0.05) is 26.8 Å². The van der Waals surface area contributed by atoms with Crippen LogP contribution in [0.2, 0.25) is 0 Å². The maximum atomic E-state index is 10.1. The van der Waals surface area contributed by atoms with Gasteiger partial charge in [-0.05, 0) is 0 Å². The van der Waals surface area contributed by atoms with Gasteiger partial charge in [0.2, 0.25) is 0 Å². The quantitative estimate of drug-likeness (QED) is 0.693. The molecule has 3 nitrogen and oxygen atoms in total.